The van der Waals surface area contributed by atoms with Crippen LogP contribution in [0.2, 0.25) is 0 Å². The lowest BCUT2D eigenvalue weighted by Gasteiger charge is -2.36. The molecule has 7 rings (SSSR count). The molecule has 1 spiro atoms. The van der Waals surface area contributed by atoms with Crippen molar-refractivity contribution in [2.45, 2.75) is 50.1 Å². The maximum atomic E-state index is 13.1. The number of likely N-dealkylation sites (tertiary alicyclic amines) is 1. The highest BCUT2D eigenvalue weighted by atomic mass is 16.2. The number of nitrogens with one attached hydrogen (secondary N) is 1. The third-order valence-electron chi connectivity index (χ3n) is 8.22. The van der Waals surface area contributed by atoms with Gasteiger partial charge in [0.25, 0.3) is 0 Å². The number of carbonyl (C=O) groups excluding carboxylic acids is 1. The molecule has 1 aliphatic carbocycles. The minimum atomic E-state index is -0.539. The lowest BCUT2D eigenvalue weighted by atomic mass is 9.79. The number of rotatable bonds is 3. The second kappa shape index (κ2) is 7.99. The summed E-state index contributed by atoms with van der Waals surface area (Å²) in [6.45, 7) is 2.03. The number of amides is 1. The molecular weight excluding hydrogens is 432 g/mol. The van der Waals surface area contributed by atoms with Gasteiger partial charge >= 0.3 is 0 Å². The minimum absolute atomic E-state index is 0.0668. The third-order valence-corrected chi connectivity index (χ3v) is 8.22. The summed E-state index contributed by atoms with van der Waals surface area (Å²) in [4.78, 5) is 24.9. The van der Waals surface area contributed by atoms with E-state index in [1.54, 1.807) is 6.20 Å². The zero-order chi connectivity index (χ0) is 23.4. The summed E-state index contributed by atoms with van der Waals surface area (Å²) in [7, 11) is 0. The second-order valence-electron chi connectivity index (χ2n) is 10.3. The van der Waals surface area contributed by atoms with E-state index in [1.165, 1.54) is 41.5 Å². The quantitative estimate of drug-likeness (QED) is 0.448. The first-order valence-corrected chi connectivity index (χ1v) is 12.7. The van der Waals surface area contributed by atoms with E-state index in [9.17, 15) is 4.79 Å². The van der Waals surface area contributed by atoms with Crippen molar-refractivity contribution in [3.8, 4) is 0 Å². The van der Waals surface area contributed by atoms with Gasteiger partial charge in [0.1, 0.15) is 5.82 Å². The van der Waals surface area contributed by atoms with Crippen molar-refractivity contribution in [1.29, 1.82) is 0 Å². The van der Waals surface area contributed by atoms with Crippen LogP contribution in [0, 0.1) is 0 Å². The molecule has 3 aliphatic rings. The standard InChI is InChI=1S/C30H28N4O/c35-29-30(25-9-6-11-31-28(25)33-29)16-23-14-22-13-20(18-32-26(22)15-24(23)17-30)19-34-12-5-4-10-27(34)21-7-2-1-3-8-21/h1-3,6-9,11,13-15,18,27H,4-5,10,12,16-17,19H2,(H,31,33,35)/t27?,30-/m0/s1. The number of benzene rings is 2. The van der Waals surface area contributed by atoms with E-state index in [-0.39, 0.29) is 5.91 Å². The van der Waals surface area contributed by atoms with Crippen molar-refractivity contribution in [2.75, 3.05) is 11.9 Å². The summed E-state index contributed by atoms with van der Waals surface area (Å²) in [5, 5.41) is 4.17. The lowest BCUT2D eigenvalue weighted by molar-refractivity contribution is -0.120. The smallest absolute Gasteiger partial charge is 0.237 e. The second-order valence-corrected chi connectivity index (χ2v) is 10.3. The number of fused-ring (bicyclic) bond motifs is 4. The molecule has 0 radical (unpaired) electrons. The van der Waals surface area contributed by atoms with E-state index in [1.807, 2.05) is 18.3 Å². The number of aromatic nitrogens is 2. The van der Waals surface area contributed by atoms with Crippen molar-refractivity contribution >= 4 is 22.6 Å². The van der Waals surface area contributed by atoms with Crippen molar-refractivity contribution in [2.24, 2.45) is 0 Å². The first kappa shape index (κ1) is 20.8. The molecule has 2 aromatic heterocycles. The first-order chi connectivity index (χ1) is 17.2. The first-order valence-electron chi connectivity index (χ1n) is 12.7. The van der Waals surface area contributed by atoms with Crippen LogP contribution in [0.5, 0.6) is 0 Å². The summed E-state index contributed by atoms with van der Waals surface area (Å²) in [5.74, 6) is 0.780. The summed E-state index contributed by atoms with van der Waals surface area (Å²) in [5.41, 5.74) is 6.63. The number of hydrogen-bond acceptors (Lipinski definition) is 4. The Morgan fingerprint density at radius 2 is 1.83 bits per heavy atom. The molecule has 5 heteroatoms. The fourth-order valence-corrected chi connectivity index (χ4v) is 6.50. The number of anilines is 1. The van der Waals surface area contributed by atoms with E-state index in [4.69, 9.17) is 4.98 Å². The molecule has 1 amide bonds. The zero-order valence-electron chi connectivity index (χ0n) is 19.7. The maximum Gasteiger partial charge on any atom is 0.237 e. The van der Waals surface area contributed by atoms with Crippen LogP contribution < -0.4 is 5.32 Å². The molecule has 5 nitrogen and oxygen atoms in total. The number of nitrogens with zero attached hydrogens (tertiary/aromatic N) is 3. The molecule has 1 fully saturated rings. The molecule has 4 aromatic rings. The molecule has 1 unspecified atom stereocenters. The molecule has 0 bridgehead atoms. The van der Waals surface area contributed by atoms with E-state index in [2.05, 4.69) is 63.7 Å². The van der Waals surface area contributed by atoms with Crippen LogP contribution in [0.4, 0.5) is 5.82 Å². The molecule has 2 atom stereocenters. The predicted octanol–water partition coefficient (Wildman–Crippen LogP) is 5.35. The third kappa shape index (κ3) is 3.37. The van der Waals surface area contributed by atoms with Gasteiger partial charge in [-0.3, -0.25) is 14.7 Å². The number of carbonyl (C=O) groups is 1. The topological polar surface area (TPSA) is 58.1 Å². The van der Waals surface area contributed by atoms with Gasteiger partial charge in [0.2, 0.25) is 5.91 Å². The molecule has 2 aromatic carbocycles. The van der Waals surface area contributed by atoms with Gasteiger partial charge in [0.15, 0.2) is 0 Å². The van der Waals surface area contributed by atoms with Gasteiger partial charge in [0, 0.05) is 35.9 Å². The normalized spacial score (nSPS) is 23.4. The highest BCUT2D eigenvalue weighted by molar-refractivity contribution is 6.06. The van der Waals surface area contributed by atoms with Crippen molar-refractivity contribution in [3.05, 3.63) is 101 Å². The summed E-state index contributed by atoms with van der Waals surface area (Å²) < 4.78 is 0. The van der Waals surface area contributed by atoms with Crippen molar-refractivity contribution in [1.82, 2.24) is 14.9 Å². The van der Waals surface area contributed by atoms with Gasteiger partial charge in [-0.2, -0.15) is 0 Å². The van der Waals surface area contributed by atoms with Crippen LogP contribution in [0.15, 0.2) is 73.1 Å². The number of piperidine rings is 1. The molecule has 0 saturated carbocycles. The zero-order valence-corrected chi connectivity index (χ0v) is 19.7. The fourth-order valence-electron chi connectivity index (χ4n) is 6.50. The Balaban J connectivity index is 1.19. The highest BCUT2D eigenvalue weighted by Crippen LogP contribution is 2.47. The van der Waals surface area contributed by atoms with E-state index >= 15 is 0 Å². The Morgan fingerprint density at radius 3 is 2.71 bits per heavy atom. The fraction of sp³-hybridized carbons (Fsp3) is 0.300. The molecule has 4 heterocycles. The number of hydrogen-bond donors (Lipinski definition) is 1. The van der Waals surface area contributed by atoms with Gasteiger partial charge < -0.3 is 5.32 Å². The predicted molar refractivity (Wildman–Crippen MR) is 137 cm³/mol. The average Bonchev–Trinajstić information content (AvgIpc) is 3.40. The molecule has 1 N–H and O–H groups in total. The number of pyridine rings is 2. The van der Waals surface area contributed by atoms with Crippen LogP contribution >= 0.6 is 0 Å². The van der Waals surface area contributed by atoms with Gasteiger partial charge in [-0.05, 0) is 78.7 Å². The summed E-state index contributed by atoms with van der Waals surface area (Å²) in [6, 6.07) is 22.1. The Hall–Kier alpha value is -3.57. The van der Waals surface area contributed by atoms with Crippen molar-refractivity contribution in [3.63, 3.8) is 0 Å². The molecular formula is C30H28N4O. The van der Waals surface area contributed by atoms with Crippen LogP contribution in [-0.2, 0) is 29.6 Å². The molecule has 35 heavy (non-hydrogen) atoms. The van der Waals surface area contributed by atoms with E-state index in [0.29, 0.717) is 18.3 Å². The SMILES string of the molecule is O=C1Nc2ncccc2[C@@]12Cc1cc3cc(CN4CCCCC4c4ccccc4)cnc3cc1C2. The summed E-state index contributed by atoms with van der Waals surface area (Å²) in [6.07, 6.45) is 8.94. The van der Waals surface area contributed by atoms with Crippen LogP contribution in [-0.4, -0.2) is 27.3 Å². The monoisotopic (exact) mass is 460 g/mol. The molecule has 1 saturated heterocycles. The van der Waals surface area contributed by atoms with Crippen LogP contribution in [0.1, 0.15) is 53.1 Å². The lowest BCUT2D eigenvalue weighted by Crippen LogP contribution is -2.35. The Bertz CT molecular complexity index is 1450. The molecule has 2 aliphatic heterocycles. The van der Waals surface area contributed by atoms with E-state index < -0.39 is 5.41 Å². The van der Waals surface area contributed by atoms with Gasteiger partial charge in [-0.25, -0.2) is 4.98 Å². The molecule has 174 valence electrons. The van der Waals surface area contributed by atoms with Gasteiger partial charge in [-0.15, -0.1) is 0 Å². The Morgan fingerprint density at radius 1 is 0.971 bits per heavy atom. The minimum Gasteiger partial charge on any atom is -0.310 e. The largest absolute Gasteiger partial charge is 0.310 e. The van der Waals surface area contributed by atoms with Gasteiger partial charge in [-0.1, -0.05) is 42.8 Å². The maximum absolute atomic E-state index is 13.1. The summed E-state index contributed by atoms with van der Waals surface area (Å²) >= 11 is 0. The average molecular weight is 461 g/mol. The highest BCUT2D eigenvalue weighted by Gasteiger charge is 2.51. The van der Waals surface area contributed by atoms with Gasteiger partial charge in [0.05, 0.1) is 10.9 Å². The Kier molecular flexibility index (Phi) is 4.74. The van der Waals surface area contributed by atoms with E-state index in [0.717, 1.165) is 36.0 Å². The van der Waals surface area contributed by atoms with Crippen LogP contribution in [0.25, 0.3) is 10.9 Å². The van der Waals surface area contributed by atoms with Crippen LogP contribution in [0.3, 0.4) is 0 Å². The van der Waals surface area contributed by atoms with Crippen molar-refractivity contribution < 1.29 is 4.79 Å². The Labute approximate surface area is 205 Å².